The van der Waals surface area contributed by atoms with Crippen molar-refractivity contribution >= 4 is 11.3 Å². The Bertz CT molecular complexity index is 330. The third-order valence-electron chi connectivity index (χ3n) is 3.33. The van der Waals surface area contributed by atoms with E-state index in [1.54, 1.807) is 10.4 Å². The van der Waals surface area contributed by atoms with E-state index in [9.17, 15) is 0 Å². The molecule has 1 saturated carbocycles. The van der Waals surface area contributed by atoms with Gasteiger partial charge in [-0.15, -0.1) is 11.3 Å². The van der Waals surface area contributed by atoms with E-state index in [0.717, 1.165) is 6.04 Å². The second kappa shape index (κ2) is 4.24. The van der Waals surface area contributed by atoms with Crippen molar-refractivity contribution in [3.05, 3.63) is 21.9 Å². The summed E-state index contributed by atoms with van der Waals surface area (Å²) in [5, 5.41) is 5.82. The molecular weight excluding hydrogens is 204 g/mol. The van der Waals surface area contributed by atoms with Gasteiger partial charge in [-0.2, -0.15) is 0 Å². The van der Waals surface area contributed by atoms with Crippen molar-refractivity contribution in [1.82, 2.24) is 10.2 Å². The Labute approximate surface area is 95.3 Å². The molecule has 3 heteroatoms. The molecule has 0 aromatic carbocycles. The Balaban J connectivity index is 1.47. The van der Waals surface area contributed by atoms with Crippen LogP contribution in [0.3, 0.4) is 0 Å². The van der Waals surface area contributed by atoms with Gasteiger partial charge in [-0.05, 0) is 36.3 Å². The van der Waals surface area contributed by atoms with Crippen molar-refractivity contribution in [3.63, 3.8) is 0 Å². The molecule has 0 spiro atoms. The van der Waals surface area contributed by atoms with Crippen LogP contribution >= 0.6 is 11.3 Å². The number of rotatable bonds is 4. The SMILES string of the molecule is c1cc2c(s1)CCN(CCNC1CC1)C2. The molecule has 1 aliphatic heterocycles. The van der Waals surface area contributed by atoms with E-state index in [2.05, 4.69) is 21.7 Å². The first-order chi connectivity index (χ1) is 7.42. The molecule has 1 N–H and O–H groups in total. The Morgan fingerprint density at radius 2 is 2.40 bits per heavy atom. The Morgan fingerprint density at radius 1 is 1.47 bits per heavy atom. The fourth-order valence-corrected chi connectivity index (χ4v) is 3.10. The van der Waals surface area contributed by atoms with Crippen LogP contribution in [0.25, 0.3) is 0 Å². The average molecular weight is 222 g/mol. The van der Waals surface area contributed by atoms with E-state index >= 15 is 0 Å². The summed E-state index contributed by atoms with van der Waals surface area (Å²) in [5.41, 5.74) is 1.57. The number of fused-ring (bicyclic) bond motifs is 1. The number of thiophene rings is 1. The van der Waals surface area contributed by atoms with Gasteiger partial charge in [-0.3, -0.25) is 4.90 Å². The monoisotopic (exact) mass is 222 g/mol. The maximum atomic E-state index is 3.58. The maximum absolute atomic E-state index is 3.58. The quantitative estimate of drug-likeness (QED) is 0.836. The molecular formula is C12H18N2S. The second-order valence-electron chi connectivity index (χ2n) is 4.62. The minimum absolute atomic E-state index is 0.853. The van der Waals surface area contributed by atoms with Crippen molar-refractivity contribution in [2.75, 3.05) is 19.6 Å². The minimum Gasteiger partial charge on any atom is -0.313 e. The predicted molar refractivity (Wildman–Crippen MR) is 64.3 cm³/mol. The lowest BCUT2D eigenvalue weighted by Crippen LogP contribution is -2.36. The third kappa shape index (κ3) is 2.41. The lowest BCUT2D eigenvalue weighted by Gasteiger charge is -2.26. The van der Waals surface area contributed by atoms with Crippen LogP contribution in [0, 0.1) is 0 Å². The summed E-state index contributed by atoms with van der Waals surface area (Å²) in [5.74, 6) is 0. The van der Waals surface area contributed by atoms with E-state index in [4.69, 9.17) is 0 Å². The molecule has 1 fully saturated rings. The lowest BCUT2D eigenvalue weighted by molar-refractivity contribution is 0.255. The van der Waals surface area contributed by atoms with Crippen LogP contribution in [0.2, 0.25) is 0 Å². The molecule has 0 amide bonds. The number of hydrogen-bond donors (Lipinski definition) is 1. The van der Waals surface area contributed by atoms with Crippen molar-refractivity contribution in [1.29, 1.82) is 0 Å². The molecule has 2 aliphatic rings. The molecule has 0 radical (unpaired) electrons. The summed E-state index contributed by atoms with van der Waals surface area (Å²) in [6.45, 7) is 4.81. The highest BCUT2D eigenvalue weighted by Gasteiger charge is 2.21. The van der Waals surface area contributed by atoms with E-state index in [1.807, 2.05) is 11.3 Å². The summed E-state index contributed by atoms with van der Waals surface area (Å²) in [6, 6.07) is 3.15. The van der Waals surface area contributed by atoms with Gasteiger partial charge in [0.05, 0.1) is 0 Å². The molecule has 0 unspecified atom stereocenters. The molecule has 0 atom stereocenters. The van der Waals surface area contributed by atoms with Gasteiger partial charge in [-0.25, -0.2) is 0 Å². The average Bonchev–Trinajstić information content (AvgIpc) is 2.95. The van der Waals surface area contributed by atoms with Crippen LogP contribution in [-0.4, -0.2) is 30.6 Å². The minimum atomic E-state index is 0.853. The predicted octanol–water partition coefficient (Wildman–Crippen LogP) is 1.86. The molecule has 0 saturated heterocycles. The highest BCUT2D eigenvalue weighted by Crippen LogP contribution is 2.23. The number of hydrogen-bond acceptors (Lipinski definition) is 3. The third-order valence-corrected chi connectivity index (χ3v) is 4.35. The van der Waals surface area contributed by atoms with Crippen LogP contribution < -0.4 is 5.32 Å². The van der Waals surface area contributed by atoms with Gasteiger partial charge >= 0.3 is 0 Å². The van der Waals surface area contributed by atoms with Gasteiger partial charge in [0, 0.05) is 37.1 Å². The fraction of sp³-hybridized carbons (Fsp3) is 0.667. The van der Waals surface area contributed by atoms with Gasteiger partial charge < -0.3 is 5.32 Å². The van der Waals surface area contributed by atoms with E-state index in [0.29, 0.717) is 0 Å². The van der Waals surface area contributed by atoms with Crippen LogP contribution in [0.4, 0.5) is 0 Å². The largest absolute Gasteiger partial charge is 0.313 e. The van der Waals surface area contributed by atoms with Crippen LogP contribution in [0.5, 0.6) is 0 Å². The summed E-state index contributed by atoms with van der Waals surface area (Å²) in [6.07, 6.45) is 4.06. The van der Waals surface area contributed by atoms with E-state index in [-0.39, 0.29) is 0 Å². The van der Waals surface area contributed by atoms with Gasteiger partial charge in [0.1, 0.15) is 0 Å². The van der Waals surface area contributed by atoms with Crippen molar-refractivity contribution in [3.8, 4) is 0 Å². The smallest absolute Gasteiger partial charge is 0.0245 e. The molecule has 15 heavy (non-hydrogen) atoms. The van der Waals surface area contributed by atoms with Gasteiger partial charge in [-0.1, -0.05) is 0 Å². The first kappa shape index (κ1) is 9.82. The fourth-order valence-electron chi connectivity index (χ4n) is 2.21. The highest BCUT2D eigenvalue weighted by atomic mass is 32.1. The van der Waals surface area contributed by atoms with Gasteiger partial charge in [0.15, 0.2) is 0 Å². The van der Waals surface area contributed by atoms with Crippen molar-refractivity contribution in [2.24, 2.45) is 0 Å². The Kier molecular flexibility index (Phi) is 2.77. The van der Waals surface area contributed by atoms with Crippen LogP contribution in [0.1, 0.15) is 23.3 Å². The normalized spacial score (nSPS) is 21.6. The second-order valence-corrected chi connectivity index (χ2v) is 5.62. The van der Waals surface area contributed by atoms with Crippen LogP contribution in [0.15, 0.2) is 11.4 Å². The molecule has 2 nitrogen and oxygen atoms in total. The maximum Gasteiger partial charge on any atom is 0.0245 e. The summed E-state index contributed by atoms with van der Waals surface area (Å²) >= 11 is 1.92. The number of nitrogens with one attached hydrogen (secondary N) is 1. The summed E-state index contributed by atoms with van der Waals surface area (Å²) < 4.78 is 0. The molecule has 1 aromatic heterocycles. The first-order valence-electron chi connectivity index (χ1n) is 5.93. The standard InChI is InChI=1S/C12H18N2S/c1-2-11(1)13-5-7-14-6-3-12-10(9-14)4-8-15-12/h4,8,11,13H,1-3,5-7,9H2. The molecule has 1 aliphatic carbocycles. The van der Waals surface area contributed by atoms with Crippen molar-refractivity contribution < 1.29 is 0 Å². The molecule has 3 rings (SSSR count). The zero-order chi connectivity index (χ0) is 10.1. The first-order valence-corrected chi connectivity index (χ1v) is 6.81. The highest BCUT2D eigenvalue weighted by molar-refractivity contribution is 7.10. The van der Waals surface area contributed by atoms with Gasteiger partial charge in [0.2, 0.25) is 0 Å². The van der Waals surface area contributed by atoms with Crippen molar-refractivity contribution in [2.45, 2.75) is 31.8 Å². The van der Waals surface area contributed by atoms with Gasteiger partial charge in [0.25, 0.3) is 0 Å². The molecule has 0 bridgehead atoms. The summed E-state index contributed by atoms with van der Waals surface area (Å²) in [7, 11) is 0. The van der Waals surface area contributed by atoms with E-state index in [1.165, 1.54) is 45.4 Å². The molecule has 82 valence electrons. The number of nitrogens with zero attached hydrogens (tertiary/aromatic N) is 1. The topological polar surface area (TPSA) is 15.3 Å². The Hall–Kier alpha value is -0.380. The molecule has 2 heterocycles. The van der Waals surface area contributed by atoms with E-state index < -0.39 is 0 Å². The Morgan fingerprint density at radius 3 is 3.27 bits per heavy atom. The zero-order valence-corrected chi connectivity index (χ0v) is 9.85. The zero-order valence-electron chi connectivity index (χ0n) is 9.04. The van der Waals surface area contributed by atoms with Crippen LogP contribution in [-0.2, 0) is 13.0 Å². The lowest BCUT2D eigenvalue weighted by atomic mass is 10.1. The molecule has 1 aromatic rings. The summed E-state index contributed by atoms with van der Waals surface area (Å²) in [4.78, 5) is 4.19.